The summed E-state index contributed by atoms with van der Waals surface area (Å²) in [5, 5.41) is 0.343. The van der Waals surface area contributed by atoms with Crippen molar-refractivity contribution in [2.45, 2.75) is 10.9 Å². The van der Waals surface area contributed by atoms with Crippen molar-refractivity contribution >= 4 is 43.3 Å². The van der Waals surface area contributed by atoms with Gasteiger partial charge in [0.15, 0.2) is 5.78 Å². The number of benzene rings is 2. The van der Waals surface area contributed by atoms with E-state index < -0.39 is 16.1 Å². The molecule has 1 N–H and O–H groups in total. The van der Waals surface area contributed by atoms with Gasteiger partial charge in [0.25, 0.3) is 0 Å². The molecule has 27 heavy (non-hydrogen) atoms. The molecule has 0 saturated carbocycles. The van der Waals surface area contributed by atoms with Crippen molar-refractivity contribution in [3.05, 3.63) is 99.5 Å². The molecule has 0 fully saturated rings. The molecule has 0 radical (unpaired) electrons. The summed E-state index contributed by atoms with van der Waals surface area (Å²) >= 11 is 9.40. The van der Waals surface area contributed by atoms with Crippen LogP contribution in [0.2, 0.25) is 0 Å². The maximum Gasteiger partial charge on any atom is 0.241 e. The zero-order valence-corrected chi connectivity index (χ0v) is 17.1. The molecular weight excluding hydrogens is 450 g/mol. The minimum atomic E-state index is -3.77. The second-order valence-corrected chi connectivity index (χ2v) is 8.87. The number of allylic oxidation sites excluding steroid dienone is 4. The number of ketones is 1. The summed E-state index contributed by atoms with van der Waals surface area (Å²) < 4.78 is 28.6. The molecule has 4 nitrogen and oxygen atoms in total. The molecule has 138 valence electrons. The predicted molar refractivity (Wildman–Crippen MR) is 110 cm³/mol. The fourth-order valence-electron chi connectivity index (χ4n) is 2.52. The van der Waals surface area contributed by atoms with E-state index in [0.29, 0.717) is 16.2 Å². The first kappa shape index (κ1) is 19.8. The van der Waals surface area contributed by atoms with E-state index in [9.17, 15) is 13.2 Å². The Balaban J connectivity index is 1.90. The van der Waals surface area contributed by atoms with Crippen LogP contribution in [0.15, 0.2) is 98.9 Å². The Kier molecular flexibility index (Phi) is 6.11. The van der Waals surface area contributed by atoms with Gasteiger partial charge in [-0.15, -0.1) is 0 Å². The van der Waals surface area contributed by atoms with E-state index in [4.69, 9.17) is 11.6 Å². The summed E-state index contributed by atoms with van der Waals surface area (Å²) in [6.45, 7) is 0. The summed E-state index contributed by atoms with van der Waals surface area (Å²) in [7, 11) is -3.77. The molecule has 2 aromatic rings. The fourth-order valence-corrected chi connectivity index (χ4v) is 4.11. The molecule has 1 atom stereocenters. The van der Waals surface area contributed by atoms with Gasteiger partial charge in [-0.05, 0) is 36.4 Å². The molecule has 0 aromatic heterocycles. The van der Waals surface area contributed by atoms with Gasteiger partial charge in [0.05, 0.1) is 10.9 Å². The van der Waals surface area contributed by atoms with E-state index in [2.05, 4.69) is 20.7 Å². The lowest BCUT2D eigenvalue weighted by molar-refractivity contribution is 0.103. The van der Waals surface area contributed by atoms with Crippen LogP contribution in [0.3, 0.4) is 0 Å². The number of halogens is 2. The van der Waals surface area contributed by atoms with Crippen LogP contribution < -0.4 is 4.72 Å². The third-order valence-corrected chi connectivity index (χ3v) is 6.07. The lowest BCUT2D eigenvalue weighted by Gasteiger charge is -2.12. The number of hydrogen-bond donors (Lipinski definition) is 1. The van der Waals surface area contributed by atoms with Crippen LogP contribution in [-0.4, -0.2) is 20.2 Å². The standard InChI is InChI=1S/C20H15BrClNO3S/c21-16-6-10-19(11-7-16)27(25,26)23-18-9-8-17(22)12-15(13-18)20(24)14-4-2-1-3-5-14/h1-13,18,23H. The van der Waals surface area contributed by atoms with Crippen molar-refractivity contribution in [2.75, 3.05) is 0 Å². The van der Waals surface area contributed by atoms with Crippen LogP contribution in [0.25, 0.3) is 0 Å². The number of rotatable bonds is 5. The summed E-state index contributed by atoms with van der Waals surface area (Å²) in [6.07, 6.45) is 6.25. The summed E-state index contributed by atoms with van der Waals surface area (Å²) in [5.41, 5.74) is 0.820. The number of nitrogens with one attached hydrogen (secondary N) is 1. The normalized spacial score (nSPS) is 17.0. The Morgan fingerprint density at radius 3 is 2.37 bits per heavy atom. The summed E-state index contributed by atoms with van der Waals surface area (Å²) in [6, 6.07) is 14.3. The second kappa shape index (κ2) is 8.35. The van der Waals surface area contributed by atoms with Crippen molar-refractivity contribution in [1.82, 2.24) is 4.72 Å². The van der Waals surface area contributed by atoms with E-state index >= 15 is 0 Å². The first-order chi connectivity index (χ1) is 12.8. The van der Waals surface area contributed by atoms with E-state index in [0.717, 1.165) is 4.47 Å². The molecule has 7 heteroatoms. The molecule has 0 bridgehead atoms. The molecule has 1 aliphatic rings. The third-order valence-electron chi connectivity index (χ3n) is 3.83. The van der Waals surface area contributed by atoms with Gasteiger partial charge in [-0.25, -0.2) is 13.1 Å². The average Bonchev–Trinajstić information content (AvgIpc) is 2.83. The zero-order valence-electron chi connectivity index (χ0n) is 14.0. The number of carbonyl (C=O) groups excluding carboxylic acids is 1. The van der Waals surface area contributed by atoms with E-state index in [-0.39, 0.29) is 10.7 Å². The SMILES string of the molecule is O=C(C1=CC(NS(=O)(=O)c2ccc(Br)cc2)C=CC(Cl)=C1)c1ccccc1. The second-order valence-electron chi connectivity index (χ2n) is 5.81. The minimum Gasteiger partial charge on any atom is -0.289 e. The van der Waals surface area contributed by atoms with Crippen LogP contribution in [0.4, 0.5) is 0 Å². The van der Waals surface area contributed by atoms with Crippen molar-refractivity contribution in [3.63, 3.8) is 0 Å². The molecule has 1 unspecified atom stereocenters. The summed E-state index contributed by atoms with van der Waals surface area (Å²) in [5.74, 6) is -0.231. The van der Waals surface area contributed by atoms with Crippen molar-refractivity contribution < 1.29 is 13.2 Å². The molecule has 0 saturated heterocycles. The fraction of sp³-hybridized carbons (Fsp3) is 0.0500. The highest BCUT2D eigenvalue weighted by molar-refractivity contribution is 9.10. The Morgan fingerprint density at radius 1 is 1.04 bits per heavy atom. The van der Waals surface area contributed by atoms with Crippen molar-refractivity contribution in [1.29, 1.82) is 0 Å². The van der Waals surface area contributed by atoms with Crippen molar-refractivity contribution in [3.8, 4) is 0 Å². The van der Waals surface area contributed by atoms with Gasteiger partial charge < -0.3 is 0 Å². The molecule has 0 spiro atoms. The van der Waals surface area contributed by atoms with E-state index in [1.54, 1.807) is 54.6 Å². The number of hydrogen-bond acceptors (Lipinski definition) is 3. The largest absolute Gasteiger partial charge is 0.289 e. The molecule has 1 aliphatic carbocycles. The minimum absolute atomic E-state index is 0.131. The highest BCUT2D eigenvalue weighted by Gasteiger charge is 2.20. The van der Waals surface area contributed by atoms with Gasteiger partial charge >= 0.3 is 0 Å². The smallest absolute Gasteiger partial charge is 0.241 e. The van der Waals surface area contributed by atoms with Gasteiger partial charge in [0.1, 0.15) is 0 Å². The number of Topliss-reactive ketones (excluding diaryl/α,β-unsaturated/α-hetero) is 1. The molecule has 0 amide bonds. The van der Waals surface area contributed by atoms with E-state index in [1.807, 2.05) is 6.07 Å². The lowest BCUT2D eigenvalue weighted by Crippen LogP contribution is -2.32. The van der Waals surface area contributed by atoms with Gasteiger partial charge in [0.2, 0.25) is 10.0 Å². The molecule has 0 aliphatic heterocycles. The monoisotopic (exact) mass is 463 g/mol. The number of carbonyl (C=O) groups is 1. The quantitative estimate of drug-likeness (QED) is 0.658. The number of sulfonamides is 1. The predicted octanol–water partition coefficient (Wildman–Crippen LogP) is 4.60. The van der Waals surface area contributed by atoms with Gasteiger partial charge in [-0.2, -0.15) is 0 Å². The lowest BCUT2D eigenvalue weighted by atomic mass is 10.0. The highest BCUT2D eigenvalue weighted by Crippen LogP contribution is 2.20. The van der Waals surface area contributed by atoms with Gasteiger partial charge in [-0.3, -0.25) is 4.79 Å². The highest BCUT2D eigenvalue weighted by atomic mass is 79.9. The van der Waals surface area contributed by atoms with Crippen LogP contribution in [0.1, 0.15) is 10.4 Å². The first-order valence-electron chi connectivity index (χ1n) is 8.00. The topological polar surface area (TPSA) is 63.2 Å². The maximum atomic E-state index is 12.7. The van der Waals surface area contributed by atoms with Crippen LogP contribution in [-0.2, 0) is 10.0 Å². The summed E-state index contributed by atoms with van der Waals surface area (Å²) in [4.78, 5) is 12.9. The van der Waals surface area contributed by atoms with Crippen molar-refractivity contribution in [2.24, 2.45) is 0 Å². The van der Waals surface area contributed by atoms with Crippen LogP contribution in [0.5, 0.6) is 0 Å². The van der Waals surface area contributed by atoms with Gasteiger partial charge in [0, 0.05) is 20.6 Å². The van der Waals surface area contributed by atoms with Crippen LogP contribution in [0, 0.1) is 0 Å². The zero-order chi connectivity index (χ0) is 19.4. The Hall–Kier alpha value is -1.99. The van der Waals surface area contributed by atoms with Crippen LogP contribution >= 0.6 is 27.5 Å². The first-order valence-corrected chi connectivity index (χ1v) is 10.7. The third kappa shape index (κ3) is 5.05. The Bertz CT molecular complexity index is 1040. The maximum absolute atomic E-state index is 12.7. The van der Waals surface area contributed by atoms with Gasteiger partial charge in [-0.1, -0.05) is 70.0 Å². The molecule has 0 heterocycles. The molecular formula is C20H15BrClNO3S. The average molecular weight is 465 g/mol. The van der Waals surface area contributed by atoms with E-state index in [1.165, 1.54) is 18.2 Å². The Morgan fingerprint density at radius 2 is 1.70 bits per heavy atom. The molecule has 3 rings (SSSR count). The Labute approximate surface area is 171 Å². The molecule has 2 aromatic carbocycles.